The minimum absolute atomic E-state index is 0.190. The molecule has 0 atom stereocenters. The highest BCUT2D eigenvalue weighted by Gasteiger charge is 2.15. The van der Waals surface area contributed by atoms with Crippen molar-refractivity contribution in [2.24, 2.45) is 0 Å². The molecule has 21 heavy (non-hydrogen) atoms. The highest BCUT2D eigenvalue weighted by molar-refractivity contribution is 5.93. The number of nitrogens with zero attached hydrogens (tertiary/aromatic N) is 2. The van der Waals surface area contributed by atoms with Crippen LogP contribution in [0.3, 0.4) is 0 Å². The van der Waals surface area contributed by atoms with E-state index in [2.05, 4.69) is 16.8 Å². The Labute approximate surface area is 125 Å². The van der Waals surface area contributed by atoms with E-state index < -0.39 is 0 Å². The SMILES string of the molecule is CCCN(CC(=O)OCC)c1cc(C)nc2ccccc12. The molecule has 4 nitrogen and oxygen atoms in total. The second-order valence-electron chi connectivity index (χ2n) is 5.03. The van der Waals surface area contributed by atoms with E-state index in [1.807, 2.05) is 44.2 Å². The van der Waals surface area contributed by atoms with Crippen molar-refractivity contribution in [3.8, 4) is 0 Å². The number of anilines is 1. The van der Waals surface area contributed by atoms with Crippen molar-refractivity contribution in [3.63, 3.8) is 0 Å². The van der Waals surface area contributed by atoms with Crippen LogP contribution < -0.4 is 4.90 Å². The number of hydrogen-bond donors (Lipinski definition) is 0. The molecular weight excluding hydrogens is 264 g/mol. The number of aryl methyl sites for hydroxylation is 1. The van der Waals surface area contributed by atoms with Gasteiger partial charge in [-0.2, -0.15) is 0 Å². The molecule has 0 saturated carbocycles. The summed E-state index contributed by atoms with van der Waals surface area (Å²) in [6.45, 7) is 7.41. The lowest BCUT2D eigenvalue weighted by Crippen LogP contribution is -2.32. The summed E-state index contributed by atoms with van der Waals surface area (Å²) in [4.78, 5) is 18.5. The number of rotatable bonds is 6. The maximum Gasteiger partial charge on any atom is 0.325 e. The molecule has 2 aromatic rings. The molecule has 0 amide bonds. The Kier molecular flexibility index (Phi) is 5.14. The minimum atomic E-state index is -0.190. The first-order chi connectivity index (χ1) is 10.2. The van der Waals surface area contributed by atoms with Crippen LogP contribution in [0.5, 0.6) is 0 Å². The Morgan fingerprint density at radius 1 is 1.29 bits per heavy atom. The number of carbonyl (C=O) groups is 1. The normalized spacial score (nSPS) is 10.6. The van der Waals surface area contributed by atoms with Crippen molar-refractivity contribution in [2.75, 3.05) is 24.6 Å². The van der Waals surface area contributed by atoms with E-state index >= 15 is 0 Å². The standard InChI is InChI=1S/C17H22N2O2/c1-4-10-19(12-17(20)21-5-2)16-11-13(3)18-15-9-7-6-8-14(15)16/h6-9,11H,4-5,10,12H2,1-3H3. The van der Waals surface area contributed by atoms with Crippen molar-refractivity contribution in [3.05, 3.63) is 36.0 Å². The average Bonchev–Trinajstić information content (AvgIpc) is 2.46. The van der Waals surface area contributed by atoms with Crippen LogP contribution in [0, 0.1) is 6.92 Å². The van der Waals surface area contributed by atoms with Gasteiger partial charge in [0.1, 0.15) is 6.54 Å². The van der Waals surface area contributed by atoms with Gasteiger partial charge in [-0.25, -0.2) is 0 Å². The molecule has 0 fully saturated rings. The molecule has 1 aromatic heterocycles. The summed E-state index contributed by atoms with van der Waals surface area (Å²) in [5.41, 5.74) is 2.96. The van der Waals surface area contributed by atoms with Gasteiger partial charge in [0.2, 0.25) is 0 Å². The zero-order valence-corrected chi connectivity index (χ0v) is 12.9. The number of ether oxygens (including phenoxy) is 1. The number of pyridine rings is 1. The number of hydrogen-bond acceptors (Lipinski definition) is 4. The fraction of sp³-hybridized carbons (Fsp3) is 0.412. The van der Waals surface area contributed by atoms with Crippen molar-refractivity contribution in [1.82, 2.24) is 4.98 Å². The van der Waals surface area contributed by atoms with Gasteiger partial charge in [-0.05, 0) is 32.4 Å². The van der Waals surface area contributed by atoms with E-state index in [1.165, 1.54) is 0 Å². The molecular formula is C17H22N2O2. The Hall–Kier alpha value is -2.10. The molecule has 0 aliphatic heterocycles. The molecule has 4 heteroatoms. The Bertz CT molecular complexity index is 625. The minimum Gasteiger partial charge on any atom is -0.465 e. The van der Waals surface area contributed by atoms with E-state index in [9.17, 15) is 4.79 Å². The average molecular weight is 286 g/mol. The first kappa shape index (κ1) is 15.3. The zero-order valence-electron chi connectivity index (χ0n) is 12.9. The third-order valence-corrected chi connectivity index (χ3v) is 3.28. The lowest BCUT2D eigenvalue weighted by atomic mass is 10.1. The summed E-state index contributed by atoms with van der Waals surface area (Å²) in [5, 5.41) is 1.07. The first-order valence-corrected chi connectivity index (χ1v) is 7.42. The van der Waals surface area contributed by atoms with Crippen LogP contribution >= 0.6 is 0 Å². The van der Waals surface area contributed by atoms with E-state index in [4.69, 9.17) is 4.74 Å². The van der Waals surface area contributed by atoms with Crippen LogP contribution in [0.15, 0.2) is 30.3 Å². The highest BCUT2D eigenvalue weighted by atomic mass is 16.5. The molecule has 0 N–H and O–H groups in total. The van der Waals surface area contributed by atoms with Crippen LogP contribution in [0.2, 0.25) is 0 Å². The van der Waals surface area contributed by atoms with Crippen LogP contribution in [0.1, 0.15) is 26.0 Å². The van der Waals surface area contributed by atoms with Gasteiger partial charge in [0.15, 0.2) is 0 Å². The number of esters is 1. The van der Waals surface area contributed by atoms with Crippen LogP contribution in [0.25, 0.3) is 10.9 Å². The maximum absolute atomic E-state index is 11.8. The third-order valence-electron chi connectivity index (χ3n) is 3.28. The molecule has 1 aromatic carbocycles. The van der Waals surface area contributed by atoms with Gasteiger partial charge in [-0.1, -0.05) is 25.1 Å². The summed E-state index contributed by atoms with van der Waals surface area (Å²) in [5.74, 6) is -0.190. The van der Waals surface area contributed by atoms with E-state index in [-0.39, 0.29) is 12.5 Å². The van der Waals surface area contributed by atoms with Gasteiger partial charge >= 0.3 is 5.97 Å². The number of para-hydroxylation sites is 1. The quantitative estimate of drug-likeness (QED) is 0.764. The van der Waals surface area contributed by atoms with Gasteiger partial charge in [-0.3, -0.25) is 9.78 Å². The van der Waals surface area contributed by atoms with Gasteiger partial charge in [0.25, 0.3) is 0 Å². The lowest BCUT2D eigenvalue weighted by Gasteiger charge is -2.25. The summed E-state index contributed by atoms with van der Waals surface area (Å²) in [6.07, 6.45) is 0.967. The van der Waals surface area contributed by atoms with Crippen LogP contribution in [-0.4, -0.2) is 30.6 Å². The second kappa shape index (κ2) is 7.07. The van der Waals surface area contributed by atoms with Crippen molar-refractivity contribution >= 4 is 22.6 Å². The highest BCUT2D eigenvalue weighted by Crippen LogP contribution is 2.26. The molecule has 2 rings (SSSR count). The molecule has 0 aliphatic rings. The fourth-order valence-electron chi connectivity index (χ4n) is 2.46. The van der Waals surface area contributed by atoms with E-state index in [0.717, 1.165) is 35.2 Å². The summed E-state index contributed by atoms with van der Waals surface area (Å²) in [6, 6.07) is 10.1. The lowest BCUT2D eigenvalue weighted by molar-refractivity contribution is -0.141. The number of fused-ring (bicyclic) bond motifs is 1. The van der Waals surface area contributed by atoms with Gasteiger partial charge in [0.05, 0.1) is 12.1 Å². The maximum atomic E-state index is 11.8. The van der Waals surface area contributed by atoms with Crippen molar-refractivity contribution in [1.29, 1.82) is 0 Å². The molecule has 0 aliphatic carbocycles. The van der Waals surface area contributed by atoms with Crippen LogP contribution in [-0.2, 0) is 9.53 Å². The number of aromatic nitrogens is 1. The first-order valence-electron chi connectivity index (χ1n) is 7.42. The topological polar surface area (TPSA) is 42.4 Å². The molecule has 112 valence electrons. The zero-order chi connectivity index (χ0) is 15.2. The summed E-state index contributed by atoms with van der Waals surface area (Å²) in [7, 11) is 0. The third kappa shape index (κ3) is 3.72. The fourth-order valence-corrected chi connectivity index (χ4v) is 2.46. The number of carbonyl (C=O) groups excluding carboxylic acids is 1. The second-order valence-corrected chi connectivity index (χ2v) is 5.03. The monoisotopic (exact) mass is 286 g/mol. The van der Waals surface area contributed by atoms with Gasteiger partial charge in [-0.15, -0.1) is 0 Å². The predicted octanol–water partition coefficient (Wildman–Crippen LogP) is 3.32. The predicted molar refractivity (Wildman–Crippen MR) is 85.6 cm³/mol. The van der Waals surface area contributed by atoms with Gasteiger partial charge < -0.3 is 9.64 Å². The Balaban J connectivity index is 2.41. The molecule has 0 spiro atoms. The van der Waals surface area contributed by atoms with E-state index in [0.29, 0.717) is 6.61 Å². The molecule has 0 radical (unpaired) electrons. The summed E-state index contributed by atoms with van der Waals surface area (Å²) < 4.78 is 5.09. The van der Waals surface area contributed by atoms with Crippen molar-refractivity contribution < 1.29 is 9.53 Å². The molecule has 1 heterocycles. The smallest absolute Gasteiger partial charge is 0.325 e. The Morgan fingerprint density at radius 3 is 2.76 bits per heavy atom. The summed E-state index contributed by atoms with van der Waals surface area (Å²) >= 11 is 0. The van der Waals surface area contributed by atoms with Crippen molar-refractivity contribution in [2.45, 2.75) is 27.2 Å². The largest absolute Gasteiger partial charge is 0.465 e. The molecule has 0 bridgehead atoms. The van der Waals surface area contributed by atoms with E-state index in [1.54, 1.807) is 0 Å². The van der Waals surface area contributed by atoms with Gasteiger partial charge in [0, 0.05) is 23.3 Å². The molecule has 0 saturated heterocycles. The number of benzene rings is 1. The Morgan fingerprint density at radius 2 is 2.05 bits per heavy atom. The molecule has 0 unspecified atom stereocenters. The van der Waals surface area contributed by atoms with Crippen LogP contribution in [0.4, 0.5) is 5.69 Å².